The summed E-state index contributed by atoms with van der Waals surface area (Å²) in [5, 5.41) is 0. The van der Waals surface area contributed by atoms with Gasteiger partial charge in [-0.2, -0.15) is 0 Å². The molecule has 1 saturated carbocycles. The van der Waals surface area contributed by atoms with Crippen molar-refractivity contribution < 1.29 is 9.53 Å². The highest BCUT2D eigenvalue weighted by atomic mass is 16.5. The summed E-state index contributed by atoms with van der Waals surface area (Å²) in [6.07, 6.45) is 0.947. The molecule has 2 atom stereocenters. The van der Waals surface area contributed by atoms with Crippen molar-refractivity contribution in [3.63, 3.8) is 0 Å². The highest BCUT2D eigenvalue weighted by molar-refractivity contribution is 6.02. The standard InChI is InChI=1S/C19H20O2/c1-3-21-18-10-9-13(2)11-17(18)19(20)16-12-15(16)14-7-5-4-6-8-14/h4-11,15-16H,3,12H2,1-2H3. The number of rotatable bonds is 5. The van der Waals surface area contributed by atoms with Gasteiger partial charge in [0.2, 0.25) is 0 Å². The molecule has 108 valence electrons. The maximum absolute atomic E-state index is 12.8. The number of carbonyl (C=O) groups excluding carboxylic acids is 1. The Bertz CT molecular complexity index is 646. The van der Waals surface area contributed by atoms with Gasteiger partial charge in [0.15, 0.2) is 5.78 Å². The molecule has 0 saturated heterocycles. The summed E-state index contributed by atoms with van der Waals surface area (Å²) < 4.78 is 5.61. The predicted octanol–water partition coefficient (Wildman–Crippen LogP) is 4.38. The molecule has 2 unspecified atom stereocenters. The highest BCUT2D eigenvalue weighted by Gasteiger charge is 2.44. The van der Waals surface area contributed by atoms with Crippen LogP contribution in [0.1, 0.15) is 40.7 Å². The van der Waals surface area contributed by atoms with Crippen molar-refractivity contribution in [1.82, 2.24) is 0 Å². The van der Waals surface area contributed by atoms with E-state index >= 15 is 0 Å². The molecule has 1 aliphatic carbocycles. The first-order chi connectivity index (χ1) is 10.2. The van der Waals surface area contributed by atoms with Crippen molar-refractivity contribution >= 4 is 5.78 Å². The zero-order valence-corrected chi connectivity index (χ0v) is 12.5. The lowest BCUT2D eigenvalue weighted by Crippen LogP contribution is -2.07. The third-order valence-electron chi connectivity index (χ3n) is 4.06. The van der Waals surface area contributed by atoms with Crippen molar-refractivity contribution in [2.24, 2.45) is 5.92 Å². The lowest BCUT2D eigenvalue weighted by Gasteiger charge is -2.10. The van der Waals surface area contributed by atoms with E-state index in [2.05, 4.69) is 12.1 Å². The first kappa shape index (κ1) is 13.9. The summed E-state index contributed by atoms with van der Waals surface area (Å²) in [5.74, 6) is 1.41. The van der Waals surface area contributed by atoms with Crippen LogP contribution in [-0.2, 0) is 0 Å². The van der Waals surface area contributed by atoms with E-state index < -0.39 is 0 Å². The molecule has 21 heavy (non-hydrogen) atoms. The Morgan fingerprint density at radius 2 is 1.95 bits per heavy atom. The molecule has 3 rings (SSSR count). The Kier molecular flexibility index (Phi) is 3.78. The van der Waals surface area contributed by atoms with Crippen LogP contribution in [0.2, 0.25) is 0 Å². The van der Waals surface area contributed by atoms with Crippen LogP contribution in [0.15, 0.2) is 48.5 Å². The van der Waals surface area contributed by atoms with Gasteiger partial charge >= 0.3 is 0 Å². The van der Waals surface area contributed by atoms with Gasteiger partial charge in [0, 0.05) is 5.92 Å². The normalized spacial score (nSPS) is 20.1. The van der Waals surface area contributed by atoms with E-state index in [0.717, 1.165) is 17.5 Å². The predicted molar refractivity (Wildman–Crippen MR) is 84.0 cm³/mol. The van der Waals surface area contributed by atoms with E-state index in [4.69, 9.17) is 4.74 Å². The van der Waals surface area contributed by atoms with Crippen LogP contribution >= 0.6 is 0 Å². The summed E-state index contributed by atoms with van der Waals surface area (Å²) in [5.41, 5.74) is 3.10. The molecular weight excluding hydrogens is 260 g/mol. The van der Waals surface area contributed by atoms with E-state index in [0.29, 0.717) is 18.3 Å². The van der Waals surface area contributed by atoms with Crippen LogP contribution in [0.5, 0.6) is 5.75 Å². The van der Waals surface area contributed by atoms with Gasteiger partial charge in [-0.15, -0.1) is 0 Å². The van der Waals surface area contributed by atoms with Crippen molar-refractivity contribution in [2.45, 2.75) is 26.2 Å². The molecule has 0 aromatic heterocycles. The zero-order valence-electron chi connectivity index (χ0n) is 12.5. The van der Waals surface area contributed by atoms with E-state index in [1.807, 2.05) is 50.2 Å². The summed E-state index contributed by atoms with van der Waals surface area (Å²) >= 11 is 0. The number of aryl methyl sites for hydroxylation is 1. The molecule has 0 N–H and O–H groups in total. The van der Waals surface area contributed by atoms with Crippen LogP contribution in [0.4, 0.5) is 0 Å². The molecule has 1 aliphatic rings. The molecule has 2 nitrogen and oxygen atoms in total. The summed E-state index contributed by atoms with van der Waals surface area (Å²) in [6.45, 7) is 4.53. The molecule has 1 fully saturated rings. The van der Waals surface area contributed by atoms with Crippen LogP contribution < -0.4 is 4.74 Å². The van der Waals surface area contributed by atoms with Crippen LogP contribution in [0, 0.1) is 12.8 Å². The lowest BCUT2D eigenvalue weighted by atomic mass is 10.0. The van der Waals surface area contributed by atoms with Gasteiger partial charge in [-0.3, -0.25) is 4.79 Å². The zero-order chi connectivity index (χ0) is 14.8. The number of hydrogen-bond acceptors (Lipinski definition) is 2. The van der Waals surface area contributed by atoms with E-state index in [1.165, 1.54) is 5.56 Å². The SMILES string of the molecule is CCOc1ccc(C)cc1C(=O)C1CC1c1ccccc1. The molecule has 0 amide bonds. The molecular formula is C19H20O2. The Morgan fingerprint density at radius 3 is 2.67 bits per heavy atom. The summed E-state index contributed by atoms with van der Waals surface area (Å²) in [7, 11) is 0. The number of carbonyl (C=O) groups is 1. The molecule has 2 aromatic rings. The molecule has 0 bridgehead atoms. The summed E-state index contributed by atoms with van der Waals surface area (Å²) in [4.78, 5) is 12.8. The van der Waals surface area contributed by atoms with Crippen LogP contribution in [-0.4, -0.2) is 12.4 Å². The maximum Gasteiger partial charge on any atom is 0.170 e. The van der Waals surface area contributed by atoms with E-state index in [1.54, 1.807) is 0 Å². The van der Waals surface area contributed by atoms with Gasteiger partial charge in [-0.05, 0) is 43.9 Å². The third-order valence-corrected chi connectivity index (χ3v) is 4.06. The number of ketones is 1. The average molecular weight is 280 g/mol. The smallest absolute Gasteiger partial charge is 0.170 e. The molecule has 2 heteroatoms. The van der Waals surface area contributed by atoms with E-state index in [9.17, 15) is 4.79 Å². The monoisotopic (exact) mass is 280 g/mol. The lowest BCUT2D eigenvalue weighted by molar-refractivity contribution is 0.0961. The largest absolute Gasteiger partial charge is 0.493 e. The fourth-order valence-corrected chi connectivity index (χ4v) is 2.87. The minimum Gasteiger partial charge on any atom is -0.493 e. The molecule has 0 aliphatic heterocycles. The third kappa shape index (κ3) is 2.85. The highest BCUT2D eigenvalue weighted by Crippen LogP contribution is 2.49. The van der Waals surface area contributed by atoms with E-state index in [-0.39, 0.29) is 11.7 Å². The number of benzene rings is 2. The molecule has 0 radical (unpaired) electrons. The maximum atomic E-state index is 12.8. The van der Waals surface area contributed by atoms with Crippen molar-refractivity contribution in [3.05, 3.63) is 65.2 Å². The minimum atomic E-state index is 0.105. The van der Waals surface area contributed by atoms with Gasteiger partial charge in [-0.1, -0.05) is 42.0 Å². The van der Waals surface area contributed by atoms with Crippen LogP contribution in [0.25, 0.3) is 0 Å². The minimum absolute atomic E-state index is 0.105. The number of ether oxygens (including phenoxy) is 1. The number of Topliss-reactive ketones (excluding diaryl/α,β-unsaturated/α-hetero) is 1. The molecule has 0 heterocycles. The average Bonchev–Trinajstić information content (AvgIpc) is 3.30. The quantitative estimate of drug-likeness (QED) is 0.760. The Morgan fingerprint density at radius 1 is 1.19 bits per heavy atom. The Labute approximate surface area is 125 Å². The van der Waals surface area contributed by atoms with Gasteiger partial charge in [0.1, 0.15) is 5.75 Å². The second-order valence-electron chi connectivity index (χ2n) is 5.66. The van der Waals surface area contributed by atoms with Crippen molar-refractivity contribution in [1.29, 1.82) is 0 Å². The van der Waals surface area contributed by atoms with Gasteiger partial charge in [-0.25, -0.2) is 0 Å². The molecule has 2 aromatic carbocycles. The topological polar surface area (TPSA) is 26.3 Å². The van der Waals surface area contributed by atoms with Crippen LogP contribution in [0.3, 0.4) is 0 Å². The Hall–Kier alpha value is -2.09. The van der Waals surface area contributed by atoms with Gasteiger partial charge < -0.3 is 4.74 Å². The Balaban J connectivity index is 1.82. The van der Waals surface area contributed by atoms with Gasteiger partial charge in [0.25, 0.3) is 0 Å². The first-order valence-corrected chi connectivity index (χ1v) is 7.53. The summed E-state index contributed by atoms with van der Waals surface area (Å²) in [6, 6.07) is 16.1. The second kappa shape index (κ2) is 5.72. The van der Waals surface area contributed by atoms with Crippen molar-refractivity contribution in [3.8, 4) is 5.75 Å². The fraction of sp³-hybridized carbons (Fsp3) is 0.316. The fourth-order valence-electron chi connectivity index (χ4n) is 2.87. The number of hydrogen-bond donors (Lipinski definition) is 0. The van der Waals surface area contributed by atoms with Crippen molar-refractivity contribution in [2.75, 3.05) is 6.61 Å². The molecule has 0 spiro atoms. The second-order valence-corrected chi connectivity index (χ2v) is 5.66. The van der Waals surface area contributed by atoms with Gasteiger partial charge in [0.05, 0.1) is 12.2 Å². The first-order valence-electron chi connectivity index (χ1n) is 7.53.